The first-order valence-electron chi connectivity index (χ1n) is 13.1. The molecule has 4 aromatic carbocycles. The highest BCUT2D eigenvalue weighted by Gasteiger charge is 2.17. The highest BCUT2D eigenvalue weighted by molar-refractivity contribution is 8.00. The highest BCUT2D eigenvalue weighted by Crippen LogP contribution is 2.26. The van der Waals surface area contributed by atoms with Gasteiger partial charge in [0.25, 0.3) is 11.8 Å². The maximum Gasteiger partial charge on any atom is 0.272 e. The fraction of sp³-hybridized carbons (Fsp3) is 0.121. The summed E-state index contributed by atoms with van der Waals surface area (Å²) >= 11 is 1.39. The minimum Gasteiger partial charge on any atom is -0.497 e. The van der Waals surface area contributed by atoms with Crippen LogP contribution in [0.3, 0.4) is 0 Å². The van der Waals surface area contributed by atoms with Crippen LogP contribution in [0.4, 0.5) is 11.4 Å². The van der Waals surface area contributed by atoms with Gasteiger partial charge in [-0.05, 0) is 91.4 Å². The number of carbonyl (C=O) groups excluding carboxylic acids is 3. The molecule has 9 heteroatoms. The Kier molecular flexibility index (Phi) is 10.4. The van der Waals surface area contributed by atoms with Gasteiger partial charge in [-0.1, -0.05) is 30.3 Å². The zero-order chi connectivity index (χ0) is 29.9. The number of hydrogen-bond donors (Lipinski definition) is 3. The van der Waals surface area contributed by atoms with Crippen molar-refractivity contribution in [2.75, 3.05) is 24.9 Å². The largest absolute Gasteiger partial charge is 0.497 e. The van der Waals surface area contributed by atoms with E-state index in [1.54, 1.807) is 99.2 Å². The minimum atomic E-state index is -0.491. The minimum absolute atomic E-state index is 0.0689. The second-order valence-corrected chi connectivity index (χ2v) is 10.5. The Bertz CT molecular complexity index is 1560. The number of ether oxygens (including phenoxy) is 2. The lowest BCUT2D eigenvalue weighted by atomic mass is 10.1. The van der Waals surface area contributed by atoms with E-state index in [1.165, 1.54) is 11.8 Å². The van der Waals surface area contributed by atoms with Gasteiger partial charge in [-0.2, -0.15) is 0 Å². The summed E-state index contributed by atoms with van der Waals surface area (Å²) in [4.78, 5) is 39.7. The second kappa shape index (κ2) is 14.6. The van der Waals surface area contributed by atoms with Gasteiger partial charge in [-0.3, -0.25) is 14.4 Å². The molecule has 0 fully saturated rings. The van der Waals surface area contributed by atoms with Gasteiger partial charge in [0.1, 0.15) is 17.2 Å². The zero-order valence-electron chi connectivity index (χ0n) is 23.4. The standard InChI is InChI=1S/C33H31N3O5S/c1-22(31(37)34-25-12-16-27(40-2)17-13-25)42-29-18-14-26(15-19-29)35-33(39)30(21-23-8-7-11-28(20-23)41-3)36-32(38)24-9-5-4-6-10-24/h4-22H,1-3H3,(H,34,37)(H,35,39)(H,36,38)/b30-21-. The fourth-order valence-electron chi connectivity index (χ4n) is 3.83. The molecule has 4 aromatic rings. The Labute approximate surface area is 249 Å². The molecule has 0 spiro atoms. The van der Waals surface area contributed by atoms with Gasteiger partial charge in [-0.15, -0.1) is 11.8 Å². The monoisotopic (exact) mass is 581 g/mol. The van der Waals surface area contributed by atoms with Gasteiger partial charge in [0.05, 0.1) is 19.5 Å². The molecular formula is C33H31N3O5S. The molecule has 0 aromatic heterocycles. The van der Waals surface area contributed by atoms with Crippen molar-refractivity contribution in [3.63, 3.8) is 0 Å². The number of amides is 3. The van der Waals surface area contributed by atoms with Crippen molar-refractivity contribution in [3.05, 3.63) is 120 Å². The molecule has 0 saturated carbocycles. The first-order valence-corrected chi connectivity index (χ1v) is 14.0. The molecule has 0 aliphatic heterocycles. The summed E-state index contributed by atoms with van der Waals surface area (Å²) in [6, 6.07) is 30.1. The maximum absolute atomic E-state index is 13.3. The van der Waals surface area contributed by atoms with Gasteiger partial charge in [0.15, 0.2) is 0 Å². The summed E-state index contributed by atoms with van der Waals surface area (Å²) < 4.78 is 10.4. The number of benzene rings is 4. The molecule has 0 bridgehead atoms. The molecule has 3 N–H and O–H groups in total. The highest BCUT2D eigenvalue weighted by atomic mass is 32.2. The van der Waals surface area contributed by atoms with Crippen LogP contribution >= 0.6 is 11.8 Å². The lowest BCUT2D eigenvalue weighted by Crippen LogP contribution is -2.30. The van der Waals surface area contributed by atoms with Gasteiger partial charge < -0.3 is 25.4 Å². The van der Waals surface area contributed by atoms with Gasteiger partial charge in [0.2, 0.25) is 5.91 Å². The Morgan fingerprint density at radius 3 is 2.05 bits per heavy atom. The molecule has 0 aliphatic rings. The number of rotatable bonds is 11. The molecule has 0 saturated heterocycles. The van der Waals surface area contributed by atoms with Crippen molar-refractivity contribution in [2.45, 2.75) is 17.1 Å². The third-order valence-corrected chi connectivity index (χ3v) is 7.20. The van der Waals surface area contributed by atoms with Crippen molar-refractivity contribution < 1.29 is 23.9 Å². The van der Waals surface area contributed by atoms with E-state index in [0.29, 0.717) is 34.0 Å². The first kappa shape index (κ1) is 30.0. The average molecular weight is 582 g/mol. The Morgan fingerprint density at radius 1 is 0.738 bits per heavy atom. The molecule has 1 atom stereocenters. The quantitative estimate of drug-likeness (QED) is 0.143. The number of anilines is 2. The molecule has 0 aliphatic carbocycles. The summed E-state index contributed by atoms with van der Waals surface area (Å²) in [6.07, 6.45) is 1.59. The molecule has 3 amide bonds. The normalized spacial score (nSPS) is 11.6. The smallest absolute Gasteiger partial charge is 0.272 e. The summed E-state index contributed by atoms with van der Waals surface area (Å²) in [7, 11) is 3.15. The molecule has 0 radical (unpaired) electrons. The van der Waals surface area contributed by atoms with Gasteiger partial charge >= 0.3 is 0 Å². The Balaban J connectivity index is 1.43. The van der Waals surface area contributed by atoms with Crippen LogP contribution in [0.15, 0.2) is 114 Å². The van der Waals surface area contributed by atoms with Crippen molar-refractivity contribution in [1.82, 2.24) is 5.32 Å². The third-order valence-electron chi connectivity index (χ3n) is 6.09. The molecule has 214 valence electrons. The van der Waals surface area contributed by atoms with Crippen LogP contribution in [0.2, 0.25) is 0 Å². The van der Waals surface area contributed by atoms with Crippen molar-refractivity contribution in [1.29, 1.82) is 0 Å². The van der Waals surface area contributed by atoms with Crippen LogP contribution in [0.1, 0.15) is 22.8 Å². The number of methoxy groups -OCH3 is 2. The molecule has 4 rings (SSSR count). The van der Waals surface area contributed by atoms with Crippen molar-refractivity contribution >= 4 is 46.9 Å². The number of hydrogen-bond acceptors (Lipinski definition) is 6. The fourth-order valence-corrected chi connectivity index (χ4v) is 4.70. The van der Waals surface area contributed by atoms with Crippen molar-refractivity contribution in [3.8, 4) is 11.5 Å². The average Bonchev–Trinajstić information content (AvgIpc) is 3.02. The van der Waals surface area contributed by atoms with Crippen molar-refractivity contribution in [2.24, 2.45) is 0 Å². The topological polar surface area (TPSA) is 106 Å². The summed E-state index contributed by atoms with van der Waals surface area (Å²) in [6.45, 7) is 1.82. The first-order chi connectivity index (χ1) is 20.3. The Morgan fingerprint density at radius 2 is 1.38 bits per heavy atom. The second-order valence-electron chi connectivity index (χ2n) is 9.11. The maximum atomic E-state index is 13.3. The molecule has 8 nitrogen and oxygen atoms in total. The SMILES string of the molecule is COc1ccc(NC(=O)C(C)Sc2ccc(NC(=O)/C(=C/c3cccc(OC)c3)NC(=O)c3ccccc3)cc2)cc1. The molecule has 1 unspecified atom stereocenters. The zero-order valence-corrected chi connectivity index (χ0v) is 24.2. The van der Waals surface area contributed by atoms with Gasteiger partial charge in [0, 0.05) is 21.8 Å². The van der Waals surface area contributed by atoms with E-state index in [4.69, 9.17) is 9.47 Å². The van der Waals surface area contributed by atoms with Crippen LogP contribution in [0.25, 0.3) is 6.08 Å². The molecular weight excluding hydrogens is 550 g/mol. The van der Waals surface area contributed by atoms with Crippen LogP contribution in [0.5, 0.6) is 11.5 Å². The van der Waals surface area contributed by atoms with E-state index in [0.717, 1.165) is 4.90 Å². The predicted octanol–water partition coefficient (Wildman–Crippen LogP) is 6.23. The number of nitrogens with one attached hydrogen (secondary N) is 3. The lowest BCUT2D eigenvalue weighted by molar-refractivity contribution is -0.115. The van der Waals surface area contributed by atoms with Crippen LogP contribution in [0, 0.1) is 0 Å². The van der Waals surface area contributed by atoms with E-state index in [2.05, 4.69) is 16.0 Å². The summed E-state index contributed by atoms with van der Waals surface area (Å²) in [5.74, 6) is 0.300. The van der Waals surface area contributed by atoms with E-state index in [1.807, 2.05) is 31.2 Å². The van der Waals surface area contributed by atoms with Gasteiger partial charge in [-0.25, -0.2) is 0 Å². The van der Waals surface area contributed by atoms with Crippen LogP contribution < -0.4 is 25.4 Å². The van der Waals surface area contributed by atoms with Crippen LogP contribution in [-0.4, -0.2) is 37.2 Å². The summed E-state index contributed by atoms with van der Waals surface area (Å²) in [5.41, 5.74) is 2.39. The van der Waals surface area contributed by atoms with E-state index < -0.39 is 11.8 Å². The molecule has 0 heterocycles. The van der Waals surface area contributed by atoms with E-state index in [9.17, 15) is 14.4 Å². The lowest BCUT2D eigenvalue weighted by Gasteiger charge is -2.14. The predicted molar refractivity (Wildman–Crippen MR) is 167 cm³/mol. The molecule has 42 heavy (non-hydrogen) atoms. The third kappa shape index (κ3) is 8.49. The number of thioether (sulfide) groups is 1. The van der Waals surface area contributed by atoms with E-state index in [-0.39, 0.29) is 16.9 Å². The Hall–Kier alpha value is -5.02. The summed E-state index contributed by atoms with van der Waals surface area (Å²) in [5, 5.41) is 8.10. The number of carbonyl (C=O) groups is 3. The van der Waals surface area contributed by atoms with E-state index >= 15 is 0 Å². The van der Waals surface area contributed by atoms with Crippen LogP contribution in [-0.2, 0) is 9.59 Å².